The third kappa shape index (κ3) is 3.44. The first-order valence-electron chi connectivity index (χ1n) is 8.30. The Bertz CT molecular complexity index is 1020. The van der Waals surface area contributed by atoms with E-state index in [0.717, 1.165) is 0 Å². The second kappa shape index (κ2) is 7.22. The van der Waals surface area contributed by atoms with Gasteiger partial charge in [-0.15, -0.1) is 0 Å². The number of amides is 1. The molecule has 26 heavy (non-hydrogen) atoms. The number of pyridine rings is 1. The molecule has 0 saturated heterocycles. The topological polar surface area (TPSA) is 71.3 Å². The molecule has 0 radical (unpaired) electrons. The second-order valence-electron chi connectivity index (χ2n) is 6.51. The molecule has 3 rings (SSSR count). The average molecular weight is 371 g/mol. The SMILES string of the molecule is CC(C)Cn1c(=O)c(C(=O)Nc2ccc(Cl)cc2)c(O)c2ccccc21. The van der Waals surface area contributed by atoms with Crippen LogP contribution in [0.1, 0.15) is 24.2 Å². The van der Waals surface area contributed by atoms with Crippen LogP contribution in [0.2, 0.25) is 5.02 Å². The number of benzene rings is 2. The summed E-state index contributed by atoms with van der Waals surface area (Å²) in [5, 5.41) is 14.2. The van der Waals surface area contributed by atoms with E-state index in [1.165, 1.54) is 4.57 Å². The molecule has 0 spiro atoms. The molecule has 5 nitrogen and oxygen atoms in total. The van der Waals surface area contributed by atoms with Gasteiger partial charge in [-0.25, -0.2) is 0 Å². The van der Waals surface area contributed by atoms with Crippen molar-refractivity contribution in [2.24, 2.45) is 5.92 Å². The van der Waals surface area contributed by atoms with Crippen LogP contribution in [0.4, 0.5) is 5.69 Å². The summed E-state index contributed by atoms with van der Waals surface area (Å²) in [5.41, 5.74) is 0.314. The summed E-state index contributed by atoms with van der Waals surface area (Å²) in [5.74, 6) is -0.761. The van der Waals surface area contributed by atoms with Crippen LogP contribution < -0.4 is 10.9 Å². The third-order valence-electron chi connectivity index (χ3n) is 4.02. The van der Waals surface area contributed by atoms with Crippen molar-refractivity contribution in [3.8, 4) is 5.75 Å². The molecule has 1 heterocycles. The van der Waals surface area contributed by atoms with Crippen LogP contribution in [0.3, 0.4) is 0 Å². The van der Waals surface area contributed by atoms with Gasteiger partial charge in [-0.05, 0) is 42.3 Å². The minimum absolute atomic E-state index is 0.202. The van der Waals surface area contributed by atoms with Gasteiger partial charge in [0.2, 0.25) is 0 Å². The molecule has 3 aromatic rings. The lowest BCUT2D eigenvalue weighted by Gasteiger charge is -2.16. The van der Waals surface area contributed by atoms with Crippen LogP contribution in [0.25, 0.3) is 10.9 Å². The number of carbonyl (C=O) groups excluding carboxylic acids is 1. The Balaban J connectivity index is 2.14. The number of nitrogens with zero attached hydrogens (tertiary/aromatic N) is 1. The number of hydrogen-bond donors (Lipinski definition) is 2. The van der Waals surface area contributed by atoms with Crippen LogP contribution in [-0.4, -0.2) is 15.6 Å². The molecule has 0 aliphatic rings. The van der Waals surface area contributed by atoms with Gasteiger partial charge in [-0.1, -0.05) is 37.6 Å². The number of aromatic nitrogens is 1. The van der Waals surface area contributed by atoms with Gasteiger partial charge < -0.3 is 15.0 Å². The number of carbonyl (C=O) groups is 1. The summed E-state index contributed by atoms with van der Waals surface area (Å²) in [6.45, 7) is 4.42. The maximum atomic E-state index is 12.9. The predicted molar refractivity (Wildman–Crippen MR) is 104 cm³/mol. The van der Waals surface area contributed by atoms with Crippen LogP contribution in [-0.2, 0) is 6.54 Å². The van der Waals surface area contributed by atoms with Crippen molar-refractivity contribution in [1.29, 1.82) is 0 Å². The van der Waals surface area contributed by atoms with E-state index >= 15 is 0 Å². The van der Waals surface area contributed by atoms with Crippen molar-refractivity contribution >= 4 is 34.1 Å². The van der Waals surface area contributed by atoms with E-state index in [4.69, 9.17) is 11.6 Å². The molecule has 0 aliphatic heterocycles. The maximum absolute atomic E-state index is 12.9. The monoisotopic (exact) mass is 370 g/mol. The van der Waals surface area contributed by atoms with Crippen LogP contribution in [0.5, 0.6) is 5.75 Å². The lowest BCUT2D eigenvalue weighted by Crippen LogP contribution is -2.31. The fourth-order valence-corrected chi connectivity index (χ4v) is 2.99. The number of fused-ring (bicyclic) bond motifs is 1. The van der Waals surface area contributed by atoms with Crippen molar-refractivity contribution in [3.05, 3.63) is 69.5 Å². The molecule has 0 atom stereocenters. The summed E-state index contributed by atoms with van der Waals surface area (Å²) in [6, 6.07) is 13.5. The summed E-state index contributed by atoms with van der Waals surface area (Å²) in [6.07, 6.45) is 0. The fourth-order valence-electron chi connectivity index (χ4n) is 2.87. The standard InChI is InChI=1S/C20H19ClN2O3/c1-12(2)11-23-16-6-4-3-5-15(16)18(24)17(20(23)26)19(25)22-14-9-7-13(21)8-10-14/h3-10,12,24H,11H2,1-2H3,(H,22,25). The Morgan fingerprint density at radius 2 is 1.81 bits per heavy atom. The molecule has 0 bridgehead atoms. The number of halogens is 1. The van der Waals surface area contributed by atoms with Gasteiger partial charge in [-0.2, -0.15) is 0 Å². The Hall–Kier alpha value is -2.79. The van der Waals surface area contributed by atoms with Gasteiger partial charge in [0.15, 0.2) is 0 Å². The molecule has 6 heteroatoms. The zero-order valence-corrected chi connectivity index (χ0v) is 15.2. The van der Waals surface area contributed by atoms with Gasteiger partial charge in [0.25, 0.3) is 11.5 Å². The molecule has 0 saturated carbocycles. The van der Waals surface area contributed by atoms with Gasteiger partial charge in [0, 0.05) is 22.6 Å². The summed E-state index contributed by atoms with van der Waals surface area (Å²) in [4.78, 5) is 25.7. The quantitative estimate of drug-likeness (QED) is 0.720. The zero-order valence-electron chi connectivity index (χ0n) is 14.5. The molecule has 0 fully saturated rings. The van der Waals surface area contributed by atoms with Crippen LogP contribution in [0, 0.1) is 5.92 Å². The molecular weight excluding hydrogens is 352 g/mol. The number of para-hydroxylation sites is 1. The van der Waals surface area contributed by atoms with E-state index in [9.17, 15) is 14.7 Å². The van der Waals surface area contributed by atoms with Gasteiger partial charge in [-0.3, -0.25) is 9.59 Å². The van der Waals surface area contributed by atoms with E-state index in [0.29, 0.717) is 28.2 Å². The minimum Gasteiger partial charge on any atom is -0.506 e. The first-order valence-corrected chi connectivity index (χ1v) is 8.67. The molecule has 0 unspecified atom stereocenters. The number of anilines is 1. The molecule has 1 amide bonds. The predicted octanol–water partition coefficient (Wildman–Crippen LogP) is 4.27. The Morgan fingerprint density at radius 1 is 1.15 bits per heavy atom. The largest absolute Gasteiger partial charge is 0.506 e. The van der Waals surface area contributed by atoms with E-state index < -0.39 is 11.5 Å². The van der Waals surface area contributed by atoms with E-state index in [1.807, 2.05) is 13.8 Å². The fraction of sp³-hybridized carbons (Fsp3) is 0.200. The summed E-state index contributed by atoms with van der Waals surface area (Å²) in [7, 11) is 0. The molecule has 134 valence electrons. The molecule has 0 aliphatic carbocycles. The highest BCUT2D eigenvalue weighted by Gasteiger charge is 2.22. The Labute approximate surface area is 155 Å². The van der Waals surface area contributed by atoms with Crippen molar-refractivity contribution in [2.75, 3.05) is 5.32 Å². The number of rotatable bonds is 4. The highest BCUT2D eigenvalue weighted by molar-refractivity contribution is 6.30. The average Bonchev–Trinajstić information content (AvgIpc) is 2.60. The molecular formula is C20H19ClN2O3. The Kier molecular flexibility index (Phi) is 5.00. The number of nitrogens with one attached hydrogen (secondary N) is 1. The van der Waals surface area contributed by atoms with Crippen molar-refractivity contribution in [3.63, 3.8) is 0 Å². The summed E-state index contributed by atoms with van der Waals surface area (Å²) < 4.78 is 1.54. The lowest BCUT2D eigenvalue weighted by molar-refractivity contribution is 0.102. The van der Waals surface area contributed by atoms with Crippen molar-refractivity contribution < 1.29 is 9.90 Å². The van der Waals surface area contributed by atoms with Crippen LogP contribution >= 0.6 is 11.6 Å². The zero-order chi connectivity index (χ0) is 18.8. The first kappa shape index (κ1) is 18.0. The van der Waals surface area contributed by atoms with Gasteiger partial charge >= 0.3 is 0 Å². The maximum Gasteiger partial charge on any atom is 0.267 e. The summed E-state index contributed by atoms with van der Waals surface area (Å²) >= 11 is 5.84. The highest BCUT2D eigenvalue weighted by atomic mass is 35.5. The van der Waals surface area contributed by atoms with Crippen molar-refractivity contribution in [1.82, 2.24) is 4.57 Å². The minimum atomic E-state index is -0.655. The first-order chi connectivity index (χ1) is 12.4. The number of aromatic hydroxyl groups is 1. The van der Waals surface area contributed by atoms with Crippen LogP contribution in [0.15, 0.2) is 53.3 Å². The normalized spacial score (nSPS) is 11.1. The molecule has 2 aromatic carbocycles. The van der Waals surface area contributed by atoms with Crippen molar-refractivity contribution in [2.45, 2.75) is 20.4 Å². The number of hydrogen-bond acceptors (Lipinski definition) is 3. The van der Waals surface area contributed by atoms with Gasteiger partial charge in [0.05, 0.1) is 5.52 Å². The lowest BCUT2D eigenvalue weighted by atomic mass is 10.1. The Morgan fingerprint density at radius 3 is 2.46 bits per heavy atom. The molecule has 2 N–H and O–H groups in total. The van der Waals surface area contributed by atoms with E-state index in [-0.39, 0.29) is 17.2 Å². The van der Waals surface area contributed by atoms with E-state index in [1.54, 1.807) is 48.5 Å². The highest BCUT2D eigenvalue weighted by Crippen LogP contribution is 2.27. The molecule has 1 aromatic heterocycles. The second-order valence-corrected chi connectivity index (χ2v) is 6.95. The van der Waals surface area contributed by atoms with E-state index in [2.05, 4.69) is 5.32 Å². The smallest absolute Gasteiger partial charge is 0.267 e. The third-order valence-corrected chi connectivity index (χ3v) is 4.27. The van der Waals surface area contributed by atoms with Gasteiger partial charge in [0.1, 0.15) is 11.3 Å².